The van der Waals surface area contributed by atoms with Crippen molar-refractivity contribution in [2.75, 3.05) is 18.0 Å². The van der Waals surface area contributed by atoms with Crippen LogP contribution < -0.4 is 15.4 Å². The highest BCUT2D eigenvalue weighted by Gasteiger charge is 2.31. The van der Waals surface area contributed by atoms with Crippen LogP contribution in [0, 0.1) is 5.92 Å². The van der Waals surface area contributed by atoms with Crippen LogP contribution >= 0.6 is 0 Å². The number of amides is 1. The lowest BCUT2D eigenvalue weighted by molar-refractivity contribution is -0.116. The topological polar surface area (TPSA) is 92.5 Å². The molecule has 3 N–H and O–H groups in total. The highest BCUT2D eigenvalue weighted by Crippen LogP contribution is 2.31. The Morgan fingerprint density at radius 3 is 2.87 bits per heavy atom. The summed E-state index contributed by atoms with van der Waals surface area (Å²) in [6.07, 6.45) is 3.51. The number of nitrogens with two attached hydrogens (primary N) is 1. The van der Waals surface area contributed by atoms with Crippen LogP contribution in [0.1, 0.15) is 31.7 Å². The van der Waals surface area contributed by atoms with Gasteiger partial charge >= 0.3 is 0 Å². The Labute approximate surface area is 137 Å². The molecule has 0 bridgehead atoms. The molecule has 1 aliphatic carbocycles. The number of carbonyl (C=O) groups is 1. The molecule has 0 spiro atoms. The van der Waals surface area contributed by atoms with Gasteiger partial charge in [-0.05, 0) is 55.5 Å². The third-order valence-corrected chi connectivity index (χ3v) is 6.39. The fourth-order valence-corrected chi connectivity index (χ4v) is 5.00. The summed E-state index contributed by atoms with van der Waals surface area (Å²) in [5.74, 6) is 0.196. The summed E-state index contributed by atoms with van der Waals surface area (Å²) in [6, 6.07) is 4.92. The standard InChI is InChI=1S/C16H23N3O3S/c1-11(20)19-8-7-12-9-14(5-6-16(12)19)23(21,22)18-15-4-2-3-13(15)10-17/h5-6,9,13,15,18H,2-4,7-8,10,17H2,1H3. The summed E-state index contributed by atoms with van der Waals surface area (Å²) < 4.78 is 28.1. The Kier molecular flexibility index (Phi) is 4.44. The van der Waals surface area contributed by atoms with Crippen LogP contribution in [0.15, 0.2) is 23.1 Å². The molecule has 23 heavy (non-hydrogen) atoms. The summed E-state index contributed by atoms with van der Waals surface area (Å²) >= 11 is 0. The van der Waals surface area contributed by atoms with Crippen LogP contribution in [0.2, 0.25) is 0 Å². The zero-order valence-electron chi connectivity index (χ0n) is 13.3. The van der Waals surface area contributed by atoms with Gasteiger partial charge in [0.05, 0.1) is 4.90 Å². The minimum absolute atomic E-state index is 0.0192. The number of nitrogens with zero attached hydrogens (tertiary/aromatic N) is 1. The minimum Gasteiger partial charge on any atom is -0.330 e. The molecule has 0 radical (unpaired) electrons. The monoisotopic (exact) mass is 337 g/mol. The second-order valence-electron chi connectivity index (χ2n) is 6.37. The van der Waals surface area contributed by atoms with Gasteiger partial charge in [-0.15, -0.1) is 0 Å². The van der Waals surface area contributed by atoms with Crippen LogP contribution in [0.3, 0.4) is 0 Å². The number of anilines is 1. The molecule has 1 aliphatic heterocycles. The average Bonchev–Trinajstić information content (AvgIpc) is 3.11. The van der Waals surface area contributed by atoms with Crippen LogP contribution in [-0.4, -0.2) is 33.5 Å². The van der Waals surface area contributed by atoms with Crippen LogP contribution in [-0.2, 0) is 21.2 Å². The van der Waals surface area contributed by atoms with Gasteiger partial charge in [0.2, 0.25) is 15.9 Å². The second kappa shape index (κ2) is 6.22. The second-order valence-corrected chi connectivity index (χ2v) is 8.08. The predicted octanol–water partition coefficient (Wildman–Crippen LogP) is 1.00. The first-order chi connectivity index (χ1) is 10.9. The van der Waals surface area contributed by atoms with Gasteiger partial charge in [-0.2, -0.15) is 0 Å². The maximum absolute atomic E-state index is 12.6. The van der Waals surface area contributed by atoms with Crippen molar-refractivity contribution in [1.29, 1.82) is 0 Å². The van der Waals surface area contributed by atoms with Gasteiger partial charge in [0, 0.05) is 25.2 Å². The molecule has 3 rings (SSSR count). The number of fused-ring (bicyclic) bond motifs is 1. The van der Waals surface area contributed by atoms with Gasteiger partial charge in [0.1, 0.15) is 0 Å². The largest absolute Gasteiger partial charge is 0.330 e. The van der Waals surface area contributed by atoms with Gasteiger partial charge in [0.15, 0.2) is 0 Å². The Bertz CT molecular complexity index is 717. The molecule has 126 valence electrons. The van der Waals surface area contributed by atoms with Gasteiger partial charge in [-0.25, -0.2) is 13.1 Å². The molecule has 7 heteroatoms. The van der Waals surface area contributed by atoms with E-state index in [-0.39, 0.29) is 22.8 Å². The lowest BCUT2D eigenvalue weighted by Gasteiger charge is -2.20. The number of sulfonamides is 1. The molecule has 1 fully saturated rings. The van der Waals surface area contributed by atoms with Crippen LogP contribution in [0.5, 0.6) is 0 Å². The number of hydrogen-bond donors (Lipinski definition) is 2. The lowest BCUT2D eigenvalue weighted by atomic mass is 10.1. The number of hydrogen-bond acceptors (Lipinski definition) is 4. The first-order valence-electron chi connectivity index (χ1n) is 8.06. The van der Waals surface area contributed by atoms with Crippen molar-refractivity contribution in [3.05, 3.63) is 23.8 Å². The Hall–Kier alpha value is -1.44. The number of carbonyl (C=O) groups excluding carboxylic acids is 1. The summed E-state index contributed by atoms with van der Waals surface area (Å²) in [5.41, 5.74) is 7.45. The van der Waals surface area contributed by atoms with Crippen LogP contribution in [0.25, 0.3) is 0 Å². The summed E-state index contributed by atoms with van der Waals surface area (Å²) in [5, 5.41) is 0. The molecule has 2 atom stereocenters. The zero-order chi connectivity index (χ0) is 16.6. The molecular formula is C16H23N3O3S. The number of nitrogens with one attached hydrogen (secondary N) is 1. The average molecular weight is 337 g/mol. The van der Waals surface area contributed by atoms with Crippen molar-refractivity contribution in [2.45, 2.75) is 43.5 Å². The molecule has 1 aromatic rings. The van der Waals surface area contributed by atoms with E-state index in [2.05, 4.69) is 4.72 Å². The van der Waals surface area contributed by atoms with Crippen LogP contribution in [0.4, 0.5) is 5.69 Å². The Morgan fingerprint density at radius 2 is 2.17 bits per heavy atom. The SMILES string of the molecule is CC(=O)N1CCc2cc(S(=O)(=O)NC3CCCC3CN)ccc21. The summed E-state index contributed by atoms with van der Waals surface area (Å²) in [7, 11) is -3.56. The maximum Gasteiger partial charge on any atom is 0.240 e. The van der Waals surface area contributed by atoms with E-state index >= 15 is 0 Å². The summed E-state index contributed by atoms with van der Waals surface area (Å²) in [4.78, 5) is 13.5. The Morgan fingerprint density at radius 1 is 1.39 bits per heavy atom. The molecule has 2 unspecified atom stereocenters. The van der Waals surface area contributed by atoms with Crippen molar-refractivity contribution in [1.82, 2.24) is 4.72 Å². The fourth-order valence-electron chi connectivity index (χ4n) is 3.61. The summed E-state index contributed by atoms with van der Waals surface area (Å²) in [6.45, 7) is 2.64. The molecule has 1 amide bonds. The first kappa shape index (κ1) is 16.4. The van der Waals surface area contributed by atoms with E-state index in [0.717, 1.165) is 30.5 Å². The lowest BCUT2D eigenvalue weighted by Crippen LogP contribution is -2.39. The Balaban J connectivity index is 1.83. The van der Waals surface area contributed by atoms with E-state index in [1.54, 1.807) is 23.1 Å². The molecule has 6 nitrogen and oxygen atoms in total. The van der Waals surface area contributed by atoms with E-state index in [1.807, 2.05) is 0 Å². The molecule has 0 aromatic heterocycles. The van der Waals surface area contributed by atoms with Crippen molar-refractivity contribution in [3.8, 4) is 0 Å². The zero-order valence-corrected chi connectivity index (χ0v) is 14.1. The first-order valence-corrected chi connectivity index (χ1v) is 9.54. The molecule has 2 aliphatic rings. The molecule has 1 aromatic carbocycles. The molecule has 0 saturated heterocycles. The van der Waals surface area contributed by atoms with E-state index in [0.29, 0.717) is 19.5 Å². The normalized spacial score (nSPS) is 24.0. The molecule has 1 heterocycles. The highest BCUT2D eigenvalue weighted by molar-refractivity contribution is 7.89. The maximum atomic E-state index is 12.6. The minimum atomic E-state index is -3.56. The third-order valence-electron chi connectivity index (χ3n) is 4.91. The predicted molar refractivity (Wildman–Crippen MR) is 88.7 cm³/mol. The van der Waals surface area contributed by atoms with Crippen molar-refractivity contribution in [3.63, 3.8) is 0 Å². The number of rotatable bonds is 4. The molecular weight excluding hydrogens is 314 g/mol. The molecule has 1 saturated carbocycles. The van der Waals surface area contributed by atoms with E-state index in [4.69, 9.17) is 5.73 Å². The van der Waals surface area contributed by atoms with E-state index < -0.39 is 10.0 Å². The highest BCUT2D eigenvalue weighted by atomic mass is 32.2. The van der Waals surface area contributed by atoms with Gasteiger partial charge in [0.25, 0.3) is 0 Å². The quantitative estimate of drug-likeness (QED) is 0.857. The van der Waals surface area contributed by atoms with Gasteiger partial charge in [-0.1, -0.05) is 6.42 Å². The number of benzene rings is 1. The van der Waals surface area contributed by atoms with Crippen molar-refractivity contribution >= 4 is 21.6 Å². The smallest absolute Gasteiger partial charge is 0.240 e. The van der Waals surface area contributed by atoms with E-state index in [1.165, 1.54) is 6.92 Å². The third kappa shape index (κ3) is 3.13. The van der Waals surface area contributed by atoms with E-state index in [9.17, 15) is 13.2 Å². The fraction of sp³-hybridized carbons (Fsp3) is 0.562. The van der Waals surface area contributed by atoms with Gasteiger partial charge in [-0.3, -0.25) is 4.79 Å². The van der Waals surface area contributed by atoms with Gasteiger partial charge < -0.3 is 10.6 Å². The van der Waals surface area contributed by atoms with Crippen molar-refractivity contribution in [2.24, 2.45) is 11.7 Å². The van der Waals surface area contributed by atoms with Crippen molar-refractivity contribution < 1.29 is 13.2 Å².